The minimum atomic E-state index is 0.199. The van der Waals surface area contributed by atoms with Crippen LogP contribution in [-0.2, 0) is 25.1 Å². The van der Waals surface area contributed by atoms with E-state index in [0.717, 1.165) is 35.2 Å². The highest BCUT2D eigenvalue weighted by Crippen LogP contribution is 2.35. The fourth-order valence-electron chi connectivity index (χ4n) is 4.48. The maximum Gasteiger partial charge on any atom is 0.257 e. The molecule has 1 atom stereocenters. The zero-order valence-corrected chi connectivity index (χ0v) is 21.5. The highest BCUT2D eigenvalue weighted by molar-refractivity contribution is 7.98. The van der Waals surface area contributed by atoms with Gasteiger partial charge in [-0.25, -0.2) is 0 Å². The number of benzene rings is 1. The van der Waals surface area contributed by atoms with Crippen LogP contribution in [0.4, 0.5) is 0 Å². The van der Waals surface area contributed by atoms with Crippen molar-refractivity contribution in [3.05, 3.63) is 64.1 Å². The number of hydrogen-bond donors (Lipinski definition) is 0. The van der Waals surface area contributed by atoms with Crippen molar-refractivity contribution in [2.24, 2.45) is 0 Å². The normalized spacial score (nSPS) is 14.5. The Morgan fingerprint density at radius 3 is 2.68 bits per heavy atom. The van der Waals surface area contributed by atoms with Crippen LogP contribution in [0, 0.1) is 0 Å². The molecule has 0 saturated heterocycles. The van der Waals surface area contributed by atoms with Crippen LogP contribution < -0.4 is 0 Å². The highest BCUT2D eigenvalue weighted by Gasteiger charge is 2.23. The van der Waals surface area contributed by atoms with Crippen molar-refractivity contribution < 1.29 is 4.42 Å². The average molecular weight is 495 g/mol. The lowest BCUT2D eigenvalue weighted by Gasteiger charge is -2.23. The van der Waals surface area contributed by atoms with Gasteiger partial charge in [0.1, 0.15) is 0 Å². The number of hydrogen-bond acceptors (Lipinski definition) is 8. The van der Waals surface area contributed by atoms with E-state index in [2.05, 4.69) is 81.2 Å². The summed E-state index contributed by atoms with van der Waals surface area (Å²) in [7, 11) is 4.18. The maximum absolute atomic E-state index is 6.04. The smallest absolute Gasteiger partial charge is 0.257 e. The van der Waals surface area contributed by atoms with Gasteiger partial charge in [0, 0.05) is 4.88 Å². The first kappa shape index (κ1) is 23.3. The Balaban J connectivity index is 1.35. The fraction of sp³-hybridized carbons (Fsp3) is 0.440. The molecular formula is C25H30N6OS2. The number of nitrogens with zero attached hydrogens (tertiary/aromatic N) is 6. The van der Waals surface area contributed by atoms with Gasteiger partial charge in [-0.1, -0.05) is 49.0 Å². The van der Waals surface area contributed by atoms with E-state index in [-0.39, 0.29) is 6.04 Å². The van der Waals surface area contributed by atoms with Gasteiger partial charge in [0.15, 0.2) is 11.0 Å². The third-order valence-electron chi connectivity index (χ3n) is 6.24. The summed E-state index contributed by atoms with van der Waals surface area (Å²) in [5.74, 6) is 2.78. The Hall–Kier alpha value is -2.49. The molecule has 0 aliphatic heterocycles. The van der Waals surface area contributed by atoms with E-state index in [1.807, 2.05) is 6.07 Å². The predicted molar refractivity (Wildman–Crippen MR) is 136 cm³/mol. The second-order valence-electron chi connectivity index (χ2n) is 8.86. The molecule has 4 aromatic rings. The first-order valence-corrected chi connectivity index (χ1v) is 13.6. The van der Waals surface area contributed by atoms with Crippen LogP contribution in [0.3, 0.4) is 0 Å². The quantitative estimate of drug-likeness (QED) is 0.280. The maximum atomic E-state index is 6.04. The lowest BCUT2D eigenvalue weighted by molar-refractivity contribution is 0.272. The second kappa shape index (κ2) is 10.4. The van der Waals surface area contributed by atoms with Gasteiger partial charge in [0.2, 0.25) is 5.89 Å². The van der Waals surface area contributed by atoms with E-state index in [1.165, 1.54) is 35.3 Å². The molecule has 0 N–H and O–H groups in total. The Bertz CT molecular complexity index is 1210. The summed E-state index contributed by atoms with van der Waals surface area (Å²) in [4.78, 5) is 4.76. The Kier molecular flexibility index (Phi) is 7.12. The number of fused-ring (bicyclic) bond motifs is 1. The van der Waals surface area contributed by atoms with Gasteiger partial charge < -0.3 is 8.98 Å². The van der Waals surface area contributed by atoms with Crippen LogP contribution >= 0.6 is 23.1 Å². The summed E-state index contributed by atoms with van der Waals surface area (Å²) in [5, 5.41) is 18.7. The average Bonchev–Trinajstić information content (AvgIpc) is 3.57. The van der Waals surface area contributed by atoms with Crippen molar-refractivity contribution in [1.29, 1.82) is 0 Å². The van der Waals surface area contributed by atoms with Gasteiger partial charge >= 0.3 is 0 Å². The van der Waals surface area contributed by atoms with Crippen molar-refractivity contribution in [3.63, 3.8) is 0 Å². The van der Waals surface area contributed by atoms with Gasteiger partial charge in [-0.15, -0.1) is 31.7 Å². The monoisotopic (exact) mass is 494 g/mol. The van der Waals surface area contributed by atoms with E-state index in [0.29, 0.717) is 17.5 Å². The highest BCUT2D eigenvalue weighted by atomic mass is 32.2. The number of aromatic nitrogens is 5. The van der Waals surface area contributed by atoms with Crippen molar-refractivity contribution >= 4 is 23.1 Å². The molecule has 9 heteroatoms. The van der Waals surface area contributed by atoms with Crippen molar-refractivity contribution in [3.8, 4) is 10.8 Å². The Labute approximate surface area is 208 Å². The number of thiophene rings is 1. The van der Waals surface area contributed by atoms with Gasteiger partial charge in [-0.05, 0) is 63.4 Å². The zero-order chi connectivity index (χ0) is 23.5. The minimum Gasteiger partial charge on any atom is -0.419 e. The molecule has 5 rings (SSSR count). The van der Waals surface area contributed by atoms with Crippen LogP contribution in [0.5, 0.6) is 0 Å². The molecule has 3 heterocycles. The van der Waals surface area contributed by atoms with Crippen molar-refractivity contribution in [2.45, 2.75) is 62.5 Å². The molecule has 1 unspecified atom stereocenters. The number of rotatable bonds is 9. The van der Waals surface area contributed by atoms with E-state index in [4.69, 9.17) is 4.42 Å². The molecule has 1 aromatic carbocycles. The Morgan fingerprint density at radius 1 is 1.09 bits per heavy atom. The topological polar surface area (TPSA) is 72.9 Å². The molecule has 0 bridgehead atoms. The first-order valence-electron chi connectivity index (χ1n) is 11.8. The third kappa shape index (κ3) is 4.96. The van der Waals surface area contributed by atoms with E-state index in [1.54, 1.807) is 23.1 Å². The largest absolute Gasteiger partial charge is 0.419 e. The van der Waals surface area contributed by atoms with Gasteiger partial charge in [0.25, 0.3) is 5.89 Å². The van der Waals surface area contributed by atoms with Crippen LogP contribution in [0.1, 0.15) is 59.9 Å². The van der Waals surface area contributed by atoms with E-state index in [9.17, 15) is 0 Å². The number of aryl methyl sites for hydroxylation is 2. The molecule has 178 valence electrons. The minimum absolute atomic E-state index is 0.199. The summed E-state index contributed by atoms with van der Waals surface area (Å²) in [6.45, 7) is 2.91. The summed E-state index contributed by atoms with van der Waals surface area (Å²) >= 11 is 3.39. The van der Waals surface area contributed by atoms with E-state index < -0.39 is 0 Å². The van der Waals surface area contributed by atoms with Gasteiger partial charge in [0.05, 0.1) is 23.2 Å². The summed E-state index contributed by atoms with van der Waals surface area (Å²) in [5.41, 5.74) is 2.68. The molecule has 7 nitrogen and oxygen atoms in total. The number of thioether (sulfide) groups is 1. The lowest BCUT2D eigenvalue weighted by atomic mass is 9.99. The van der Waals surface area contributed by atoms with Gasteiger partial charge in [-0.3, -0.25) is 4.90 Å². The van der Waals surface area contributed by atoms with Crippen LogP contribution in [0.2, 0.25) is 0 Å². The van der Waals surface area contributed by atoms with Crippen molar-refractivity contribution in [1.82, 2.24) is 29.9 Å². The van der Waals surface area contributed by atoms with Crippen LogP contribution in [0.25, 0.3) is 10.8 Å². The van der Waals surface area contributed by atoms with Crippen molar-refractivity contribution in [2.75, 3.05) is 14.1 Å². The van der Waals surface area contributed by atoms with E-state index >= 15 is 0 Å². The SMILES string of the molecule is CCC(c1nnc(SCc2nnc(-c3cc4c(s3)CCCC4)o2)n1Cc1ccccc1)N(C)C. The molecule has 0 fully saturated rings. The molecule has 0 spiro atoms. The van der Waals surface area contributed by atoms with Crippen LogP contribution in [0.15, 0.2) is 46.0 Å². The lowest BCUT2D eigenvalue weighted by Crippen LogP contribution is -2.23. The fourth-order valence-corrected chi connectivity index (χ4v) is 6.44. The molecular weight excluding hydrogens is 464 g/mol. The first-order chi connectivity index (χ1) is 16.6. The summed E-state index contributed by atoms with van der Waals surface area (Å²) in [6.07, 6.45) is 5.84. The third-order valence-corrected chi connectivity index (χ3v) is 8.41. The predicted octanol–water partition coefficient (Wildman–Crippen LogP) is 5.62. The Morgan fingerprint density at radius 2 is 1.91 bits per heavy atom. The van der Waals surface area contributed by atoms with Crippen LogP contribution in [-0.4, -0.2) is 44.0 Å². The molecule has 0 amide bonds. The zero-order valence-electron chi connectivity index (χ0n) is 19.9. The second-order valence-corrected chi connectivity index (χ2v) is 10.9. The molecule has 0 radical (unpaired) electrons. The molecule has 3 aromatic heterocycles. The molecule has 1 aliphatic rings. The van der Waals surface area contributed by atoms with Gasteiger partial charge in [-0.2, -0.15) is 0 Å². The molecule has 0 saturated carbocycles. The molecule has 1 aliphatic carbocycles. The summed E-state index contributed by atoms with van der Waals surface area (Å²) in [6, 6.07) is 12.9. The summed E-state index contributed by atoms with van der Waals surface area (Å²) < 4.78 is 8.26. The molecule has 34 heavy (non-hydrogen) atoms. The standard InChI is InChI=1S/C25H30N6OS2/c1-4-19(30(2)3)23-27-29-25(31(23)15-17-10-6-5-7-11-17)33-16-22-26-28-24(32-22)21-14-18-12-8-9-13-20(18)34-21/h5-7,10-11,14,19H,4,8-9,12-13,15-16H2,1-3H3.